The first-order chi connectivity index (χ1) is 9.63. The van der Waals surface area contributed by atoms with Crippen LogP contribution in [0.4, 0.5) is 5.69 Å². The Morgan fingerprint density at radius 2 is 2.10 bits per heavy atom. The van der Waals surface area contributed by atoms with E-state index < -0.39 is 0 Å². The van der Waals surface area contributed by atoms with E-state index in [2.05, 4.69) is 5.32 Å². The van der Waals surface area contributed by atoms with Gasteiger partial charge < -0.3 is 15.2 Å². The number of hydrogen-bond acceptors (Lipinski definition) is 3. The molecule has 20 heavy (non-hydrogen) atoms. The first-order valence-electron chi connectivity index (χ1n) is 6.19. The zero-order valence-electron chi connectivity index (χ0n) is 10.5. The molecule has 2 aromatic carbocycles. The lowest BCUT2D eigenvalue weighted by Crippen LogP contribution is -2.12. The summed E-state index contributed by atoms with van der Waals surface area (Å²) in [6.07, 6.45) is 0.816. The van der Waals surface area contributed by atoms with Crippen LogP contribution in [0.15, 0.2) is 36.4 Å². The van der Waals surface area contributed by atoms with Crippen molar-refractivity contribution in [3.05, 3.63) is 52.5 Å². The molecule has 3 rings (SSSR count). The molecule has 0 unspecified atom stereocenters. The van der Waals surface area contributed by atoms with Crippen LogP contribution in [-0.4, -0.2) is 17.6 Å². The first kappa shape index (κ1) is 12.8. The fourth-order valence-electron chi connectivity index (χ4n) is 2.13. The van der Waals surface area contributed by atoms with Gasteiger partial charge in [0.1, 0.15) is 11.5 Å². The molecule has 0 atom stereocenters. The van der Waals surface area contributed by atoms with E-state index in [0.717, 1.165) is 17.7 Å². The lowest BCUT2D eigenvalue weighted by Gasteiger charge is -2.08. The summed E-state index contributed by atoms with van der Waals surface area (Å²) in [4.78, 5) is 12.2. The predicted molar refractivity (Wildman–Crippen MR) is 76.7 cm³/mol. The maximum atomic E-state index is 12.2. The average Bonchev–Trinajstić information content (AvgIpc) is 2.89. The Labute approximate surface area is 120 Å². The maximum absolute atomic E-state index is 12.2. The van der Waals surface area contributed by atoms with E-state index in [1.807, 2.05) is 6.07 Å². The van der Waals surface area contributed by atoms with E-state index in [9.17, 15) is 9.90 Å². The summed E-state index contributed by atoms with van der Waals surface area (Å²) < 4.78 is 5.40. The number of benzene rings is 2. The Morgan fingerprint density at radius 1 is 1.25 bits per heavy atom. The van der Waals surface area contributed by atoms with Gasteiger partial charge in [-0.1, -0.05) is 11.6 Å². The van der Waals surface area contributed by atoms with Crippen LogP contribution in [-0.2, 0) is 6.42 Å². The van der Waals surface area contributed by atoms with Crippen molar-refractivity contribution in [2.45, 2.75) is 6.42 Å². The molecule has 0 bridgehead atoms. The van der Waals surface area contributed by atoms with Crippen molar-refractivity contribution in [1.29, 1.82) is 0 Å². The van der Waals surface area contributed by atoms with Crippen molar-refractivity contribution in [1.82, 2.24) is 0 Å². The van der Waals surface area contributed by atoms with Crippen LogP contribution < -0.4 is 10.1 Å². The minimum Gasteiger partial charge on any atom is -0.508 e. The highest BCUT2D eigenvalue weighted by Crippen LogP contribution is 2.28. The van der Waals surface area contributed by atoms with Gasteiger partial charge in [-0.05, 0) is 35.9 Å². The van der Waals surface area contributed by atoms with Crippen molar-refractivity contribution in [3.63, 3.8) is 0 Å². The molecule has 0 radical (unpaired) electrons. The Morgan fingerprint density at radius 3 is 2.90 bits per heavy atom. The topological polar surface area (TPSA) is 58.6 Å². The van der Waals surface area contributed by atoms with Crippen molar-refractivity contribution in [2.75, 3.05) is 11.9 Å². The zero-order valence-corrected chi connectivity index (χ0v) is 11.3. The summed E-state index contributed by atoms with van der Waals surface area (Å²) in [6.45, 7) is 0.657. The smallest absolute Gasteiger partial charge is 0.255 e. The van der Waals surface area contributed by atoms with Crippen LogP contribution in [0.1, 0.15) is 15.9 Å². The number of rotatable bonds is 2. The quantitative estimate of drug-likeness (QED) is 0.835. The molecule has 4 nitrogen and oxygen atoms in total. The molecule has 0 saturated heterocycles. The molecule has 102 valence electrons. The van der Waals surface area contributed by atoms with Crippen LogP contribution in [0.25, 0.3) is 0 Å². The molecule has 0 saturated carbocycles. The summed E-state index contributed by atoms with van der Waals surface area (Å²) in [6, 6.07) is 9.76. The highest BCUT2D eigenvalue weighted by Gasteiger charge is 2.15. The zero-order chi connectivity index (χ0) is 14.1. The number of aromatic hydroxyl groups is 1. The molecule has 0 fully saturated rings. The number of ether oxygens (including phenoxy) is 1. The van der Waals surface area contributed by atoms with Gasteiger partial charge in [-0.2, -0.15) is 0 Å². The summed E-state index contributed by atoms with van der Waals surface area (Å²) >= 11 is 5.96. The number of carbonyl (C=O) groups is 1. The van der Waals surface area contributed by atoms with E-state index in [-0.39, 0.29) is 11.7 Å². The van der Waals surface area contributed by atoms with E-state index in [0.29, 0.717) is 22.9 Å². The second-order valence-corrected chi connectivity index (χ2v) is 4.95. The highest BCUT2D eigenvalue weighted by molar-refractivity contribution is 6.34. The Hall–Kier alpha value is -2.20. The van der Waals surface area contributed by atoms with Gasteiger partial charge >= 0.3 is 0 Å². The van der Waals surface area contributed by atoms with Gasteiger partial charge in [-0.15, -0.1) is 0 Å². The summed E-state index contributed by atoms with van der Waals surface area (Å²) in [5.41, 5.74) is 2.05. The third kappa shape index (κ3) is 2.42. The fraction of sp³-hybridized carbons (Fsp3) is 0.133. The summed E-state index contributed by atoms with van der Waals surface area (Å²) in [5, 5.41) is 12.3. The number of phenols is 1. The summed E-state index contributed by atoms with van der Waals surface area (Å²) in [5.74, 6) is 0.652. The molecular weight excluding hydrogens is 278 g/mol. The lowest BCUT2D eigenvalue weighted by atomic mass is 10.1. The molecule has 0 aromatic heterocycles. The second kappa shape index (κ2) is 5.06. The van der Waals surface area contributed by atoms with Crippen molar-refractivity contribution < 1.29 is 14.6 Å². The number of phenolic OH excluding ortho intramolecular Hbond substituents is 1. The minimum atomic E-state index is -0.243. The molecular formula is C15H12ClNO3. The van der Waals surface area contributed by atoms with Gasteiger partial charge in [0.25, 0.3) is 5.91 Å². The number of carbonyl (C=O) groups excluding carboxylic acids is 1. The number of anilines is 1. The molecule has 1 aliphatic heterocycles. The molecule has 0 spiro atoms. The van der Waals surface area contributed by atoms with Gasteiger partial charge in [0.05, 0.1) is 17.3 Å². The van der Waals surface area contributed by atoms with Crippen molar-refractivity contribution >= 4 is 23.2 Å². The first-order valence-corrected chi connectivity index (χ1v) is 6.57. The fourth-order valence-corrected chi connectivity index (χ4v) is 2.35. The van der Waals surface area contributed by atoms with Crippen LogP contribution in [0.3, 0.4) is 0 Å². The maximum Gasteiger partial charge on any atom is 0.255 e. The molecule has 2 aromatic rings. The lowest BCUT2D eigenvalue weighted by molar-refractivity contribution is 0.102. The number of halogens is 1. The number of nitrogens with one attached hydrogen (secondary N) is 1. The van der Waals surface area contributed by atoms with Crippen molar-refractivity contribution in [3.8, 4) is 11.5 Å². The van der Waals surface area contributed by atoms with Crippen LogP contribution in [0, 0.1) is 0 Å². The van der Waals surface area contributed by atoms with Crippen LogP contribution >= 0.6 is 11.6 Å². The summed E-state index contributed by atoms with van der Waals surface area (Å²) in [7, 11) is 0. The number of fused-ring (bicyclic) bond motifs is 1. The van der Waals surface area contributed by atoms with E-state index in [4.69, 9.17) is 16.3 Å². The molecule has 1 aliphatic rings. The van der Waals surface area contributed by atoms with Gasteiger partial charge in [0, 0.05) is 18.1 Å². The van der Waals surface area contributed by atoms with Gasteiger partial charge in [-0.3, -0.25) is 4.79 Å². The number of hydrogen-bond donors (Lipinski definition) is 2. The van der Waals surface area contributed by atoms with Crippen LogP contribution in [0.2, 0.25) is 5.02 Å². The Balaban J connectivity index is 1.82. The largest absolute Gasteiger partial charge is 0.508 e. The molecule has 5 heteroatoms. The van der Waals surface area contributed by atoms with E-state index in [1.54, 1.807) is 18.2 Å². The minimum absolute atomic E-state index is 0.0580. The Bertz CT molecular complexity index is 685. The van der Waals surface area contributed by atoms with Gasteiger partial charge in [-0.25, -0.2) is 0 Å². The van der Waals surface area contributed by atoms with Gasteiger partial charge in [0.15, 0.2) is 0 Å². The normalized spacial score (nSPS) is 12.7. The average molecular weight is 290 g/mol. The van der Waals surface area contributed by atoms with Crippen LogP contribution in [0.5, 0.6) is 11.5 Å². The standard InChI is InChI=1S/C15H12ClNO3/c16-12-8-11(18)2-3-13(12)17-15(19)10-1-4-14-9(7-10)5-6-20-14/h1-4,7-8,18H,5-6H2,(H,17,19). The SMILES string of the molecule is O=C(Nc1ccc(O)cc1Cl)c1ccc2c(c1)CCO2. The van der Waals surface area contributed by atoms with E-state index in [1.165, 1.54) is 12.1 Å². The second-order valence-electron chi connectivity index (χ2n) is 4.54. The van der Waals surface area contributed by atoms with Crippen molar-refractivity contribution in [2.24, 2.45) is 0 Å². The highest BCUT2D eigenvalue weighted by atomic mass is 35.5. The van der Waals surface area contributed by atoms with Gasteiger partial charge in [0.2, 0.25) is 0 Å². The Kier molecular flexibility index (Phi) is 3.24. The monoisotopic (exact) mass is 289 g/mol. The predicted octanol–water partition coefficient (Wildman–Crippen LogP) is 3.23. The molecule has 1 amide bonds. The van der Waals surface area contributed by atoms with E-state index >= 15 is 0 Å². The molecule has 1 heterocycles. The molecule has 0 aliphatic carbocycles. The third-order valence-electron chi connectivity index (χ3n) is 3.15. The molecule has 2 N–H and O–H groups in total. The third-order valence-corrected chi connectivity index (χ3v) is 3.47. The number of amides is 1.